The Morgan fingerprint density at radius 2 is 2.23 bits per heavy atom. The van der Waals surface area contributed by atoms with E-state index in [1.165, 1.54) is 0 Å². The molecule has 0 aromatic rings. The molecule has 0 aliphatic heterocycles. The average molecular weight is 184 g/mol. The molecular formula is C9H16N2O2. The summed E-state index contributed by atoms with van der Waals surface area (Å²) < 4.78 is 0. The maximum atomic E-state index is 11.3. The number of nitriles is 1. The standard InChI is InChI=1S/C9H16N2O2/c1-7(5-12)4-11-8(13)9(2,3)6-10/h7,12H,4-5H2,1-3H3,(H,11,13). The van der Waals surface area contributed by atoms with E-state index in [1.807, 2.05) is 13.0 Å². The second kappa shape index (κ2) is 4.83. The Morgan fingerprint density at radius 3 is 2.62 bits per heavy atom. The predicted octanol–water partition coefficient (Wildman–Crippen LogP) is 0.281. The van der Waals surface area contributed by atoms with Crippen molar-refractivity contribution in [3.8, 4) is 6.07 Å². The van der Waals surface area contributed by atoms with Crippen LogP contribution in [0, 0.1) is 22.7 Å². The van der Waals surface area contributed by atoms with Crippen LogP contribution in [0.15, 0.2) is 0 Å². The van der Waals surface area contributed by atoms with E-state index in [1.54, 1.807) is 13.8 Å². The van der Waals surface area contributed by atoms with Crippen LogP contribution in [-0.4, -0.2) is 24.2 Å². The number of carbonyl (C=O) groups excluding carboxylic acids is 1. The van der Waals surface area contributed by atoms with Crippen LogP contribution in [0.2, 0.25) is 0 Å². The lowest BCUT2D eigenvalue weighted by Gasteiger charge is -2.16. The molecule has 0 bridgehead atoms. The van der Waals surface area contributed by atoms with Crippen LogP contribution in [0.3, 0.4) is 0 Å². The van der Waals surface area contributed by atoms with E-state index >= 15 is 0 Å². The van der Waals surface area contributed by atoms with Crippen molar-refractivity contribution >= 4 is 5.91 Å². The minimum absolute atomic E-state index is 0.0263. The van der Waals surface area contributed by atoms with Crippen LogP contribution >= 0.6 is 0 Å². The molecule has 74 valence electrons. The number of nitrogens with one attached hydrogen (secondary N) is 1. The molecule has 1 amide bonds. The number of hydrogen-bond acceptors (Lipinski definition) is 3. The first-order chi connectivity index (χ1) is 5.94. The van der Waals surface area contributed by atoms with E-state index in [-0.39, 0.29) is 18.4 Å². The summed E-state index contributed by atoms with van der Waals surface area (Å²) in [5, 5.41) is 19.9. The molecule has 0 aromatic heterocycles. The Morgan fingerprint density at radius 1 is 1.69 bits per heavy atom. The number of aliphatic hydroxyl groups is 1. The Labute approximate surface area is 78.6 Å². The summed E-state index contributed by atoms with van der Waals surface area (Å²) in [5.41, 5.74) is -0.991. The van der Waals surface area contributed by atoms with E-state index in [0.717, 1.165) is 0 Å². The third kappa shape index (κ3) is 3.90. The van der Waals surface area contributed by atoms with Gasteiger partial charge < -0.3 is 10.4 Å². The maximum absolute atomic E-state index is 11.3. The van der Waals surface area contributed by atoms with Gasteiger partial charge in [-0.1, -0.05) is 6.92 Å². The molecule has 0 aromatic carbocycles. The second-order valence-corrected chi connectivity index (χ2v) is 3.73. The SMILES string of the molecule is CC(CO)CNC(=O)C(C)(C)C#N. The van der Waals surface area contributed by atoms with Gasteiger partial charge in [0.05, 0.1) is 6.07 Å². The van der Waals surface area contributed by atoms with Crippen molar-refractivity contribution in [2.75, 3.05) is 13.2 Å². The van der Waals surface area contributed by atoms with E-state index in [9.17, 15) is 4.79 Å². The van der Waals surface area contributed by atoms with E-state index in [0.29, 0.717) is 6.54 Å². The number of carbonyl (C=O) groups is 1. The van der Waals surface area contributed by atoms with Gasteiger partial charge in [-0.05, 0) is 19.8 Å². The normalized spacial score (nSPS) is 13.2. The fraction of sp³-hybridized carbons (Fsp3) is 0.778. The topological polar surface area (TPSA) is 73.1 Å². The van der Waals surface area contributed by atoms with Crippen LogP contribution in [0.5, 0.6) is 0 Å². The molecule has 4 nitrogen and oxygen atoms in total. The van der Waals surface area contributed by atoms with Gasteiger partial charge in [0.2, 0.25) is 5.91 Å². The Hall–Kier alpha value is -1.08. The fourth-order valence-electron chi connectivity index (χ4n) is 0.603. The summed E-state index contributed by atoms with van der Waals surface area (Å²) in [7, 11) is 0. The molecule has 0 radical (unpaired) electrons. The molecule has 0 aliphatic rings. The molecule has 0 spiro atoms. The highest BCUT2D eigenvalue weighted by Gasteiger charge is 2.26. The molecular weight excluding hydrogens is 168 g/mol. The van der Waals surface area contributed by atoms with Gasteiger partial charge in [-0.2, -0.15) is 5.26 Å². The molecule has 0 saturated carbocycles. The molecule has 0 fully saturated rings. The third-order valence-electron chi connectivity index (χ3n) is 1.77. The summed E-state index contributed by atoms with van der Waals surface area (Å²) in [6, 6.07) is 1.91. The number of hydrogen-bond donors (Lipinski definition) is 2. The van der Waals surface area contributed by atoms with Crippen molar-refractivity contribution in [3.63, 3.8) is 0 Å². The molecule has 2 N–H and O–H groups in total. The quantitative estimate of drug-likeness (QED) is 0.659. The minimum atomic E-state index is -0.991. The van der Waals surface area contributed by atoms with Crippen molar-refractivity contribution in [2.24, 2.45) is 11.3 Å². The smallest absolute Gasteiger partial charge is 0.239 e. The summed E-state index contributed by atoms with van der Waals surface area (Å²) >= 11 is 0. The number of aliphatic hydroxyl groups excluding tert-OH is 1. The van der Waals surface area contributed by atoms with E-state index < -0.39 is 5.41 Å². The monoisotopic (exact) mass is 184 g/mol. The molecule has 13 heavy (non-hydrogen) atoms. The van der Waals surface area contributed by atoms with Gasteiger partial charge in [-0.15, -0.1) is 0 Å². The van der Waals surface area contributed by atoms with Crippen molar-refractivity contribution < 1.29 is 9.90 Å². The number of nitrogens with zero attached hydrogens (tertiary/aromatic N) is 1. The number of amides is 1. The van der Waals surface area contributed by atoms with Crippen molar-refractivity contribution in [3.05, 3.63) is 0 Å². The Balaban J connectivity index is 3.97. The van der Waals surface area contributed by atoms with Crippen molar-refractivity contribution in [1.82, 2.24) is 5.32 Å². The van der Waals surface area contributed by atoms with Gasteiger partial charge in [-0.3, -0.25) is 4.79 Å². The largest absolute Gasteiger partial charge is 0.396 e. The third-order valence-corrected chi connectivity index (χ3v) is 1.77. The van der Waals surface area contributed by atoms with Gasteiger partial charge in [-0.25, -0.2) is 0 Å². The van der Waals surface area contributed by atoms with Gasteiger partial charge >= 0.3 is 0 Å². The lowest BCUT2D eigenvalue weighted by molar-refractivity contribution is -0.127. The maximum Gasteiger partial charge on any atom is 0.239 e. The lowest BCUT2D eigenvalue weighted by Crippen LogP contribution is -2.38. The predicted molar refractivity (Wildman–Crippen MR) is 48.7 cm³/mol. The van der Waals surface area contributed by atoms with Crippen molar-refractivity contribution in [2.45, 2.75) is 20.8 Å². The highest BCUT2D eigenvalue weighted by Crippen LogP contribution is 2.12. The first kappa shape index (κ1) is 11.9. The molecule has 1 unspecified atom stereocenters. The Kier molecular flexibility index (Phi) is 4.43. The first-order valence-corrected chi connectivity index (χ1v) is 4.24. The molecule has 1 atom stereocenters. The van der Waals surface area contributed by atoms with Crippen molar-refractivity contribution in [1.29, 1.82) is 5.26 Å². The van der Waals surface area contributed by atoms with E-state index in [4.69, 9.17) is 10.4 Å². The molecule has 4 heteroatoms. The van der Waals surface area contributed by atoms with E-state index in [2.05, 4.69) is 5.32 Å². The van der Waals surface area contributed by atoms with Crippen LogP contribution < -0.4 is 5.32 Å². The average Bonchev–Trinajstić information content (AvgIpc) is 2.13. The summed E-state index contributed by atoms with van der Waals surface area (Å²) in [6.45, 7) is 5.38. The van der Waals surface area contributed by atoms with Gasteiger partial charge in [0.15, 0.2) is 0 Å². The number of rotatable bonds is 4. The highest BCUT2D eigenvalue weighted by atomic mass is 16.3. The molecule has 0 rings (SSSR count). The second-order valence-electron chi connectivity index (χ2n) is 3.73. The zero-order valence-electron chi connectivity index (χ0n) is 8.29. The van der Waals surface area contributed by atoms with Crippen LogP contribution in [0.4, 0.5) is 0 Å². The van der Waals surface area contributed by atoms with Crippen LogP contribution in [0.1, 0.15) is 20.8 Å². The van der Waals surface area contributed by atoms with Gasteiger partial charge in [0.25, 0.3) is 0 Å². The lowest BCUT2D eigenvalue weighted by atomic mass is 9.94. The first-order valence-electron chi connectivity index (χ1n) is 4.24. The van der Waals surface area contributed by atoms with Crippen LogP contribution in [-0.2, 0) is 4.79 Å². The van der Waals surface area contributed by atoms with Gasteiger partial charge in [0.1, 0.15) is 5.41 Å². The summed E-state index contributed by atoms with van der Waals surface area (Å²) in [6.07, 6.45) is 0. The molecule has 0 heterocycles. The zero-order valence-corrected chi connectivity index (χ0v) is 8.29. The zero-order chi connectivity index (χ0) is 10.5. The van der Waals surface area contributed by atoms with Crippen LogP contribution in [0.25, 0.3) is 0 Å². The minimum Gasteiger partial charge on any atom is -0.396 e. The Bertz CT molecular complexity index is 218. The van der Waals surface area contributed by atoms with Gasteiger partial charge in [0, 0.05) is 13.2 Å². The summed E-state index contributed by atoms with van der Waals surface area (Å²) in [5.74, 6) is -0.270. The fourth-order valence-corrected chi connectivity index (χ4v) is 0.603. The highest BCUT2D eigenvalue weighted by molar-refractivity contribution is 5.84. The molecule has 0 aliphatic carbocycles. The molecule has 0 saturated heterocycles. The summed E-state index contributed by atoms with van der Waals surface area (Å²) in [4.78, 5) is 11.3.